The minimum Gasteiger partial charge on any atom is -0.483 e. The van der Waals surface area contributed by atoms with Gasteiger partial charge in [-0.05, 0) is 36.1 Å². The molecular formula is C21H20N4O3. The number of aromatic nitrogens is 2. The van der Waals surface area contributed by atoms with Crippen molar-refractivity contribution in [3.8, 4) is 11.3 Å². The van der Waals surface area contributed by atoms with Gasteiger partial charge in [0.15, 0.2) is 0 Å². The molecule has 28 heavy (non-hydrogen) atoms. The molecule has 1 aliphatic rings. The van der Waals surface area contributed by atoms with Crippen LogP contribution in [0.2, 0.25) is 0 Å². The highest BCUT2D eigenvalue weighted by Crippen LogP contribution is 2.22. The molecule has 142 valence electrons. The minimum atomic E-state index is -0.250. The molecular weight excluding hydrogens is 356 g/mol. The Morgan fingerprint density at radius 3 is 2.25 bits per heavy atom. The van der Waals surface area contributed by atoms with Crippen LogP contribution in [0.1, 0.15) is 21.5 Å². The quantitative estimate of drug-likeness (QED) is 0.604. The molecule has 1 aromatic heterocycles. The number of carboxylic acid groups (broad SMARTS) is 1. The fraction of sp³-hybridized carbons (Fsp3) is 0.143. The third-order valence-electron chi connectivity index (χ3n) is 4.48. The normalized spacial score (nSPS) is 12.4. The van der Waals surface area contributed by atoms with Crippen molar-refractivity contribution in [2.45, 2.75) is 18.9 Å². The van der Waals surface area contributed by atoms with Crippen molar-refractivity contribution in [3.63, 3.8) is 0 Å². The molecule has 0 bridgehead atoms. The molecule has 4 N–H and O–H groups in total. The molecule has 4 rings (SSSR count). The first-order valence-electron chi connectivity index (χ1n) is 8.74. The van der Waals surface area contributed by atoms with E-state index in [1.165, 1.54) is 17.3 Å². The van der Waals surface area contributed by atoms with Gasteiger partial charge < -0.3 is 16.2 Å². The predicted molar refractivity (Wildman–Crippen MR) is 106 cm³/mol. The molecule has 1 heterocycles. The second-order valence-corrected chi connectivity index (χ2v) is 6.36. The first-order valence-corrected chi connectivity index (χ1v) is 8.74. The average Bonchev–Trinajstić information content (AvgIpc) is 3.11. The SMILES string of the molecule is Nc1cncc(-c2ccc(C(=O)NC3Cc4ccccc4C3)cc2)n1.O=CO. The van der Waals surface area contributed by atoms with Crippen LogP contribution in [-0.4, -0.2) is 33.5 Å². The monoisotopic (exact) mass is 376 g/mol. The van der Waals surface area contributed by atoms with Gasteiger partial charge in [0.05, 0.1) is 18.1 Å². The van der Waals surface area contributed by atoms with Gasteiger partial charge in [-0.3, -0.25) is 14.6 Å². The zero-order valence-corrected chi connectivity index (χ0v) is 15.1. The van der Waals surface area contributed by atoms with Crippen molar-refractivity contribution in [3.05, 3.63) is 77.6 Å². The van der Waals surface area contributed by atoms with Crippen molar-refractivity contribution >= 4 is 18.2 Å². The van der Waals surface area contributed by atoms with Crippen LogP contribution in [0.3, 0.4) is 0 Å². The lowest BCUT2D eigenvalue weighted by molar-refractivity contribution is -0.122. The maximum atomic E-state index is 12.5. The molecule has 0 saturated heterocycles. The van der Waals surface area contributed by atoms with E-state index < -0.39 is 0 Å². The Morgan fingerprint density at radius 1 is 1.07 bits per heavy atom. The van der Waals surface area contributed by atoms with Crippen LogP contribution in [0.4, 0.5) is 5.82 Å². The molecule has 0 atom stereocenters. The average molecular weight is 376 g/mol. The first kappa shape index (κ1) is 19.0. The summed E-state index contributed by atoms with van der Waals surface area (Å²) in [7, 11) is 0. The third kappa shape index (κ3) is 4.50. The van der Waals surface area contributed by atoms with Crippen molar-refractivity contribution in [2.24, 2.45) is 0 Å². The Labute approximate surface area is 162 Å². The number of nitrogens with zero attached hydrogens (tertiary/aromatic N) is 2. The first-order chi connectivity index (χ1) is 13.6. The molecule has 0 spiro atoms. The number of carbonyl (C=O) groups excluding carboxylic acids is 1. The van der Waals surface area contributed by atoms with Crippen LogP contribution in [0.25, 0.3) is 11.3 Å². The summed E-state index contributed by atoms with van der Waals surface area (Å²) in [5.74, 6) is 0.322. The number of nitrogens with one attached hydrogen (secondary N) is 1. The van der Waals surface area contributed by atoms with Crippen LogP contribution in [0, 0.1) is 0 Å². The Morgan fingerprint density at radius 2 is 1.68 bits per heavy atom. The summed E-state index contributed by atoms with van der Waals surface area (Å²) in [4.78, 5) is 29.1. The van der Waals surface area contributed by atoms with E-state index in [4.69, 9.17) is 15.6 Å². The molecule has 3 aromatic rings. The Balaban J connectivity index is 0.000000706. The number of hydrogen-bond donors (Lipinski definition) is 3. The molecule has 1 aliphatic carbocycles. The summed E-state index contributed by atoms with van der Waals surface area (Å²) >= 11 is 0. The third-order valence-corrected chi connectivity index (χ3v) is 4.48. The van der Waals surface area contributed by atoms with Gasteiger partial charge >= 0.3 is 0 Å². The van der Waals surface area contributed by atoms with Gasteiger partial charge in [-0.25, -0.2) is 4.98 Å². The highest BCUT2D eigenvalue weighted by Gasteiger charge is 2.22. The van der Waals surface area contributed by atoms with Crippen LogP contribution in [0.15, 0.2) is 60.9 Å². The van der Waals surface area contributed by atoms with Crippen molar-refractivity contribution < 1.29 is 14.7 Å². The van der Waals surface area contributed by atoms with E-state index in [9.17, 15) is 4.79 Å². The highest BCUT2D eigenvalue weighted by atomic mass is 16.3. The lowest BCUT2D eigenvalue weighted by atomic mass is 10.1. The standard InChI is InChI=1S/C20H18N4O.CH2O2/c21-19-12-22-11-18(24-19)13-5-7-14(8-6-13)20(25)23-17-9-15-3-1-2-4-16(15)10-17;2-1-3/h1-8,11-12,17H,9-10H2,(H2,21,24)(H,23,25);1H,(H,2,3). The number of nitrogen functional groups attached to an aromatic ring is 1. The maximum Gasteiger partial charge on any atom is 0.290 e. The topological polar surface area (TPSA) is 118 Å². The zero-order valence-electron chi connectivity index (χ0n) is 15.1. The molecule has 0 aliphatic heterocycles. The zero-order chi connectivity index (χ0) is 19.9. The van der Waals surface area contributed by atoms with E-state index >= 15 is 0 Å². The van der Waals surface area contributed by atoms with Crippen molar-refractivity contribution in [1.29, 1.82) is 0 Å². The predicted octanol–water partition coefficient (Wildman–Crippen LogP) is 2.32. The molecule has 2 aromatic carbocycles. The molecule has 0 saturated carbocycles. The summed E-state index contributed by atoms with van der Waals surface area (Å²) in [6, 6.07) is 15.8. The largest absolute Gasteiger partial charge is 0.483 e. The van der Waals surface area contributed by atoms with Gasteiger partial charge in [-0.1, -0.05) is 36.4 Å². The smallest absolute Gasteiger partial charge is 0.290 e. The van der Waals surface area contributed by atoms with Gasteiger partial charge in [-0.2, -0.15) is 0 Å². The molecule has 7 nitrogen and oxygen atoms in total. The van der Waals surface area contributed by atoms with Gasteiger partial charge in [0.2, 0.25) is 0 Å². The summed E-state index contributed by atoms with van der Waals surface area (Å²) in [6.45, 7) is -0.250. The fourth-order valence-electron chi connectivity index (χ4n) is 3.24. The second kappa shape index (κ2) is 8.77. The van der Waals surface area contributed by atoms with E-state index in [0.717, 1.165) is 18.4 Å². The number of rotatable bonds is 3. The van der Waals surface area contributed by atoms with E-state index in [0.29, 0.717) is 17.1 Å². The Hall–Kier alpha value is -3.74. The minimum absolute atomic E-state index is 0.0528. The molecule has 1 amide bonds. The number of carbonyl (C=O) groups is 2. The number of benzene rings is 2. The summed E-state index contributed by atoms with van der Waals surface area (Å²) < 4.78 is 0. The molecule has 0 fully saturated rings. The van der Waals surface area contributed by atoms with Crippen molar-refractivity contribution in [1.82, 2.24) is 15.3 Å². The second-order valence-electron chi connectivity index (χ2n) is 6.36. The maximum absolute atomic E-state index is 12.5. The van der Waals surface area contributed by atoms with Crippen LogP contribution in [-0.2, 0) is 17.6 Å². The Bertz CT molecular complexity index is 948. The number of nitrogens with two attached hydrogens (primary N) is 1. The van der Waals surface area contributed by atoms with E-state index in [2.05, 4.69) is 27.4 Å². The van der Waals surface area contributed by atoms with E-state index in [1.54, 1.807) is 18.3 Å². The molecule has 0 unspecified atom stereocenters. The van der Waals surface area contributed by atoms with Gasteiger partial charge in [-0.15, -0.1) is 0 Å². The Kier molecular flexibility index (Phi) is 5.96. The summed E-state index contributed by atoms with van der Waals surface area (Å²) in [5.41, 5.74) is 10.5. The van der Waals surface area contributed by atoms with Gasteiger partial charge in [0.1, 0.15) is 5.82 Å². The van der Waals surface area contributed by atoms with Gasteiger partial charge in [0.25, 0.3) is 12.4 Å². The molecule has 7 heteroatoms. The van der Waals surface area contributed by atoms with E-state index in [1.807, 2.05) is 24.3 Å². The number of hydrogen-bond acceptors (Lipinski definition) is 5. The van der Waals surface area contributed by atoms with Crippen molar-refractivity contribution in [2.75, 3.05) is 5.73 Å². The molecule has 0 radical (unpaired) electrons. The lowest BCUT2D eigenvalue weighted by Crippen LogP contribution is -2.35. The summed E-state index contributed by atoms with van der Waals surface area (Å²) in [5, 5.41) is 10.0. The lowest BCUT2D eigenvalue weighted by Gasteiger charge is -2.12. The number of anilines is 1. The highest BCUT2D eigenvalue weighted by molar-refractivity contribution is 5.94. The van der Waals surface area contributed by atoms with E-state index in [-0.39, 0.29) is 18.4 Å². The summed E-state index contributed by atoms with van der Waals surface area (Å²) in [6.07, 6.45) is 4.93. The number of fused-ring (bicyclic) bond motifs is 1. The number of amides is 1. The van der Waals surface area contributed by atoms with Gasteiger partial charge in [0, 0.05) is 17.2 Å². The fourth-order valence-corrected chi connectivity index (χ4v) is 3.24. The van der Waals surface area contributed by atoms with Crippen LogP contribution in [0.5, 0.6) is 0 Å². The van der Waals surface area contributed by atoms with Crippen LogP contribution < -0.4 is 11.1 Å². The van der Waals surface area contributed by atoms with Crippen LogP contribution >= 0.6 is 0 Å².